The van der Waals surface area contributed by atoms with Gasteiger partial charge in [0.1, 0.15) is 16.5 Å². The van der Waals surface area contributed by atoms with Crippen LogP contribution in [0, 0.1) is 0 Å². The number of hydrogen-bond acceptors (Lipinski definition) is 1. The highest BCUT2D eigenvalue weighted by Crippen LogP contribution is 2.30. The Bertz CT molecular complexity index is 340. The van der Waals surface area contributed by atoms with Crippen LogP contribution in [0.3, 0.4) is 0 Å². The number of hydrogen-bond donors (Lipinski definition) is 0. The highest BCUT2D eigenvalue weighted by molar-refractivity contribution is 7.34. The topological polar surface area (TPSA) is 3.24 Å². The van der Waals surface area contributed by atoms with Crippen molar-refractivity contribution in [1.82, 2.24) is 4.23 Å². The number of unbranched alkanes of at least 4 members (excludes halogenated alkanes) is 5. The molecule has 0 aliphatic carbocycles. The minimum absolute atomic E-state index is 0.351. The van der Waals surface area contributed by atoms with Crippen molar-refractivity contribution in [2.75, 3.05) is 0 Å². The summed E-state index contributed by atoms with van der Waals surface area (Å²) in [5, 5.41) is 0. The average Bonchev–Trinajstić information content (AvgIpc) is 2.48. The molecular weight excluding hydrogens is 373 g/mol. The van der Waals surface area contributed by atoms with E-state index >= 15 is 0 Å². The Balaban J connectivity index is 5.03. The Kier molecular flexibility index (Phi) is 11.6. The number of rotatable bonds is 13. The molecule has 0 bridgehead atoms. The fraction of sp³-hybridized carbons (Fsp3) is 0.765. The van der Waals surface area contributed by atoms with Gasteiger partial charge in [-0.05, 0) is 6.42 Å². The van der Waals surface area contributed by atoms with Crippen LogP contribution >= 0.6 is 22.2 Å². The molecule has 136 valence electrons. The minimum Gasteiger partial charge on any atom is -0.337 e. The lowest BCUT2D eigenvalue weighted by molar-refractivity contribution is 0.491. The average molecular weight is 411 g/mol. The standard InChI is InChI=1S/C17H37Cl2NSi3/c1-8-11-12-13-14-15-16-17(21(18)19)20(22(4,5)9-2)23(6,7)10-3/h9-10,17,21H,2-3,8,11-16H2,1,4-7H3. The van der Waals surface area contributed by atoms with Gasteiger partial charge in [-0.25, -0.2) is 0 Å². The molecule has 0 aliphatic rings. The Hall–Kier alpha value is 0.671. The third-order valence-electron chi connectivity index (χ3n) is 4.72. The second-order valence-electron chi connectivity index (χ2n) is 7.54. The Morgan fingerprint density at radius 3 is 1.74 bits per heavy atom. The molecule has 0 rings (SSSR count). The maximum atomic E-state index is 6.57. The molecule has 0 aliphatic heterocycles. The molecule has 1 atom stereocenters. The molecule has 0 N–H and O–H groups in total. The van der Waals surface area contributed by atoms with Crippen LogP contribution in [0.25, 0.3) is 0 Å². The summed E-state index contributed by atoms with van der Waals surface area (Å²) in [6, 6.07) is 0. The highest BCUT2D eigenvalue weighted by Gasteiger charge is 2.43. The van der Waals surface area contributed by atoms with E-state index < -0.39 is 23.9 Å². The van der Waals surface area contributed by atoms with E-state index in [-0.39, 0.29) is 0 Å². The molecule has 1 unspecified atom stereocenters. The van der Waals surface area contributed by atoms with Crippen molar-refractivity contribution in [3.8, 4) is 0 Å². The van der Waals surface area contributed by atoms with Crippen molar-refractivity contribution in [2.45, 2.75) is 83.7 Å². The van der Waals surface area contributed by atoms with Crippen LogP contribution in [0.1, 0.15) is 51.9 Å². The van der Waals surface area contributed by atoms with Gasteiger partial charge < -0.3 is 4.23 Å². The van der Waals surface area contributed by atoms with E-state index in [1.807, 2.05) is 0 Å². The Morgan fingerprint density at radius 2 is 1.35 bits per heavy atom. The van der Waals surface area contributed by atoms with Gasteiger partial charge in [0, 0.05) is 5.67 Å². The molecule has 0 heterocycles. The summed E-state index contributed by atoms with van der Waals surface area (Å²) in [4.78, 5) is 0. The van der Waals surface area contributed by atoms with Crippen LogP contribution < -0.4 is 0 Å². The summed E-state index contributed by atoms with van der Waals surface area (Å²) >= 11 is 13.1. The van der Waals surface area contributed by atoms with Crippen molar-refractivity contribution in [3.05, 3.63) is 24.6 Å². The first-order valence-electron chi connectivity index (χ1n) is 8.98. The molecule has 0 aromatic heterocycles. The number of halogens is 2. The normalized spacial score (nSPS) is 14.3. The lowest BCUT2D eigenvalue weighted by Crippen LogP contribution is -2.66. The molecule has 1 nitrogen and oxygen atoms in total. The molecule has 0 radical (unpaired) electrons. The van der Waals surface area contributed by atoms with Gasteiger partial charge in [0.15, 0.2) is 0 Å². The second-order valence-corrected chi connectivity index (χ2v) is 21.3. The van der Waals surface area contributed by atoms with Crippen LogP contribution in [-0.2, 0) is 0 Å². The molecule has 0 saturated heterocycles. The SMILES string of the molecule is C=C[Si](C)(C)N(C(CCCCCCCC)[SiH](Cl)Cl)[Si](C)(C)C=C. The monoisotopic (exact) mass is 409 g/mol. The Morgan fingerprint density at radius 1 is 0.913 bits per heavy atom. The van der Waals surface area contributed by atoms with Crippen LogP contribution in [-0.4, -0.2) is 33.8 Å². The predicted molar refractivity (Wildman–Crippen MR) is 118 cm³/mol. The minimum atomic E-state index is -1.79. The molecule has 0 aromatic carbocycles. The zero-order valence-electron chi connectivity index (χ0n) is 15.9. The van der Waals surface area contributed by atoms with Gasteiger partial charge in [0.25, 0.3) is 7.42 Å². The molecule has 6 heteroatoms. The summed E-state index contributed by atoms with van der Waals surface area (Å²) in [7, 11) is -5.22. The highest BCUT2D eigenvalue weighted by atomic mass is 35.7. The van der Waals surface area contributed by atoms with E-state index in [4.69, 9.17) is 22.2 Å². The summed E-state index contributed by atoms with van der Waals surface area (Å²) in [6.07, 6.45) is 9.00. The zero-order chi connectivity index (χ0) is 18.1. The van der Waals surface area contributed by atoms with Crippen molar-refractivity contribution in [2.24, 2.45) is 0 Å². The van der Waals surface area contributed by atoms with E-state index in [1.54, 1.807) is 0 Å². The quantitative estimate of drug-likeness (QED) is 0.190. The maximum absolute atomic E-state index is 6.57. The zero-order valence-corrected chi connectivity index (χ0v) is 20.5. The van der Waals surface area contributed by atoms with Gasteiger partial charge >= 0.3 is 0 Å². The fourth-order valence-electron chi connectivity index (χ4n) is 3.30. The van der Waals surface area contributed by atoms with Gasteiger partial charge in [-0.1, -0.05) is 83.0 Å². The van der Waals surface area contributed by atoms with E-state index in [9.17, 15) is 0 Å². The summed E-state index contributed by atoms with van der Waals surface area (Å²) in [5.74, 6) is 0. The van der Waals surface area contributed by atoms with Crippen LogP contribution in [0.4, 0.5) is 0 Å². The molecule has 0 aromatic rings. The largest absolute Gasteiger partial charge is 0.337 e. The third kappa shape index (κ3) is 8.06. The lowest BCUT2D eigenvalue weighted by atomic mass is 10.1. The molecule has 0 saturated carbocycles. The predicted octanol–water partition coefficient (Wildman–Crippen LogP) is 6.51. The van der Waals surface area contributed by atoms with Crippen molar-refractivity contribution >= 4 is 46.0 Å². The molecule has 23 heavy (non-hydrogen) atoms. The van der Waals surface area contributed by atoms with Gasteiger partial charge in [-0.2, -0.15) is 0 Å². The van der Waals surface area contributed by atoms with E-state index in [2.05, 4.69) is 61.9 Å². The Labute approximate surface area is 158 Å². The second kappa shape index (κ2) is 11.3. The number of nitrogens with zero attached hydrogens (tertiary/aromatic N) is 1. The van der Waals surface area contributed by atoms with Crippen molar-refractivity contribution in [3.63, 3.8) is 0 Å². The summed E-state index contributed by atoms with van der Waals surface area (Å²) in [5.41, 5.74) is 4.69. The van der Waals surface area contributed by atoms with Crippen LogP contribution in [0.15, 0.2) is 24.6 Å². The molecule has 0 amide bonds. The maximum Gasteiger partial charge on any atom is 0.252 e. The summed E-state index contributed by atoms with van der Waals surface area (Å²) < 4.78 is 2.71. The van der Waals surface area contributed by atoms with E-state index in [1.165, 1.54) is 38.5 Å². The van der Waals surface area contributed by atoms with Gasteiger partial charge in [0.2, 0.25) is 0 Å². The van der Waals surface area contributed by atoms with Crippen LogP contribution in [0.2, 0.25) is 26.2 Å². The smallest absolute Gasteiger partial charge is 0.252 e. The molecular formula is C17H37Cl2NSi3. The van der Waals surface area contributed by atoms with Crippen LogP contribution in [0.5, 0.6) is 0 Å². The van der Waals surface area contributed by atoms with Crippen molar-refractivity contribution in [1.29, 1.82) is 0 Å². The van der Waals surface area contributed by atoms with E-state index in [0.717, 1.165) is 6.42 Å². The first kappa shape index (κ1) is 23.7. The van der Waals surface area contributed by atoms with Gasteiger partial charge in [-0.15, -0.1) is 35.3 Å². The fourth-order valence-corrected chi connectivity index (χ4v) is 18.6. The lowest BCUT2D eigenvalue weighted by Gasteiger charge is -2.49. The van der Waals surface area contributed by atoms with Crippen molar-refractivity contribution < 1.29 is 0 Å². The molecule has 0 fully saturated rings. The molecule has 0 spiro atoms. The summed E-state index contributed by atoms with van der Waals surface area (Å²) in [6.45, 7) is 19.9. The van der Waals surface area contributed by atoms with Gasteiger partial charge in [0.05, 0.1) is 0 Å². The van der Waals surface area contributed by atoms with E-state index in [0.29, 0.717) is 5.67 Å². The van der Waals surface area contributed by atoms with Gasteiger partial charge in [-0.3, -0.25) is 0 Å². The first-order valence-corrected chi connectivity index (χ1v) is 19.2. The third-order valence-corrected chi connectivity index (χ3v) is 16.9. The first-order chi connectivity index (χ1) is 10.6.